The Kier molecular flexibility index (Phi) is 6.13. The molecule has 1 saturated heterocycles. The van der Waals surface area contributed by atoms with Crippen LogP contribution in [0.1, 0.15) is 42.5 Å². The van der Waals surface area contributed by atoms with Crippen molar-refractivity contribution in [3.63, 3.8) is 0 Å². The summed E-state index contributed by atoms with van der Waals surface area (Å²) in [5.41, 5.74) is 7.05. The number of nitrogens with zero attached hydrogens (tertiary/aromatic N) is 4. The standard InChI is InChI=1S/C30H27F2N5O2/c1-17-28(18(2)39-35-17)20-13-14-36-26(15-20)34-29(30(36)19-7-9-21(33-3)10-8-19)25-5-4-6-27(38)37(25)22-11-12-23(31)24(32)16-22/h7-16,25,33H,4-6H2,1-3H3. The van der Waals surface area contributed by atoms with Crippen LogP contribution in [0.3, 0.4) is 0 Å². The molecule has 198 valence electrons. The van der Waals surface area contributed by atoms with Gasteiger partial charge in [0.25, 0.3) is 0 Å². The first-order chi connectivity index (χ1) is 18.9. The molecule has 1 amide bonds. The molecule has 39 heavy (non-hydrogen) atoms. The molecule has 9 heteroatoms. The Hall–Kier alpha value is -4.53. The van der Waals surface area contributed by atoms with Crippen molar-refractivity contribution < 1.29 is 18.1 Å². The molecule has 0 bridgehead atoms. The molecule has 4 heterocycles. The lowest BCUT2D eigenvalue weighted by atomic mass is 9.95. The number of aryl methyl sites for hydroxylation is 2. The van der Waals surface area contributed by atoms with Crippen molar-refractivity contribution in [2.75, 3.05) is 17.3 Å². The number of rotatable bonds is 5. The van der Waals surface area contributed by atoms with E-state index in [1.54, 1.807) is 4.90 Å². The van der Waals surface area contributed by atoms with E-state index in [4.69, 9.17) is 9.51 Å². The molecule has 7 nitrogen and oxygen atoms in total. The van der Waals surface area contributed by atoms with Gasteiger partial charge in [-0.25, -0.2) is 13.8 Å². The predicted octanol–water partition coefficient (Wildman–Crippen LogP) is 6.85. The first-order valence-corrected chi connectivity index (χ1v) is 12.9. The average molecular weight is 528 g/mol. The minimum atomic E-state index is -0.994. The van der Waals surface area contributed by atoms with Gasteiger partial charge in [0.05, 0.1) is 23.1 Å². The summed E-state index contributed by atoms with van der Waals surface area (Å²) in [5, 5.41) is 7.22. The first kappa shape index (κ1) is 24.8. The Morgan fingerprint density at radius 1 is 1.00 bits per heavy atom. The molecule has 0 radical (unpaired) electrons. The number of carbonyl (C=O) groups excluding carboxylic acids is 1. The van der Waals surface area contributed by atoms with Crippen molar-refractivity contribution in [3.05, 3.63) is 89.6 Å². The zero-order valence-electron chi connectivity index (χ0n) is 21.8. The van der Waals surface area contributed by atoms with Crippen molar-refractivity contribution in [1.29, 1.82) is 0 Å². The summed E-state index contributed by atoms with van der Waals surface area (Å²) in [7, 11) is 1.86. The third kappa shape index (κ3) is 4.24. The third-order valence-electron chi connectivity index (χ3n) is 7.37. The number of pyridine rings is 1. The number of benzene rings is 2. The van der Waals surface area contributed by atoms with E-state index in [0.717, 1.165) is 45.9 Å². The summed E-state index contributed by atoms with van der Waals surface area (Å²) < 4.78 is 35.4. The number of imidazole rings is 1. The highest BCUT2D eigenvalue weighted by atomic mass is 19.2. The van der Waals surface area contributed by atoms with Crippen LogP contribution >= 0.6 is 0 Å². The summed E-state index contributed by atoms with van der Waals surface area (Å²) in [5.74, 6) is -1.38. The summed E-state index contributed by atoms with van der Waals surface area (Å²) in [6.07, 6.45) is 3.58. The van der Waals surface area contributed by atoms with E-state index < -0.39 is 17.7 Å². The number of nitrogens with one attached hydrogen (secondary N) is 1. The fraction of sp³-hybridized carbons (Fsp3) is 0.233. The monoisotopic (exact) mass is 527 g/mol. The van der Waals surface area contributed by atoms with Gasteiger partial charge in [0.2, 0.25) is 5.91 Å². The van der Waals surface area contributed by atoms with Crippen molar-refractivity contribution in [2.45, 2.75) is 39.2 Å². The number of fused-ring (bicyclic) bond motifs is 1. The largest absolute Gasteiger partial charge is 0.388 e. The fourth-order valence-electron chi connectivity index (χ4n) is 5.52. The quantitative estimate of drug-likeness (QED) is 0.271. The van der Waals surface area contributed by atoms with Crippen LogP contribution < -0.4 is 10.2 Å². The van der Waals surface area contributed by atoms with Crippen molar-refractivity contribution in [1.82, 2.24) is 14.5 Å². The second-order valence-electron chi connectivity index (χ2n) is 9.79. The van der Waals surface area contributed by atoms with Crippen LogP contribution in [-0.4, -0.2) is 27.5 Å². The normalized spacial score (nSPS) is 15.8. The Labute approximate surface area is 224 Å². The topological polar surface area (TPSA) is 75.7 Å². The smallest absolute Gasteiger partial charge is 0.227 e. The summed E-state index contributed by atoms with van der Waals surface area (Å²) in [6.45, 7) is 3.77. The molecule has 1 aliphatic rings. The van der Waals surface area contributed by atoms with Crippen molar-refractivity contribution in [3.8, 4) is 22.4 Å². The Morgan fingerprint density at radius 2 is 1.79 bits per heavy atom. The number of piperidine rings is 1. The second-order valence-corrected chi connectivity index (χ2v) is 9.79. The molecule has 1 aliphatic heterocycles. The van der Waals surface area contributed by atoms with Crippen LogP contribution in [0.5, 0.6) is 0 Å². The SMILES string of the molecule is CNc1ccc(-c2c(C3CCCC(=O)N3c3ccc(F)c(F)c3)nc3cc(-c4c(C)noc4C)ccn23)cc1. The van der Waals surface area contributed by atoms with Crippen LogP contribution in [0.2, 0.25) is 0 Å². The van der Waals surface area contributed by atoms with E-state index in [9.17, 15) is 13.6 Å². The van der Waals surface area contributed by atoms with E-state index in [1.165, 1.54) is 6.07 Å². The Bertz CT molecular complexity index is 1690. The van der Waals surface area contributed by atoms with E-state index in [1.807, 2.05) is 67.9 Å². The highest BCUT2D eigenvalue weighted by molar-refractivity contribution is 5.95. The zero-order valence-corrected chi connectivity index (χ0v) is 21.8. The van der Waals surface area contributed by atoms with Gasteiger partial charge in [-0.2, -0.15) is 0 Å². The number of hydrogen-bond donors (Lipinski definition) is 1. The molecule has 1 unspecified atom stereocenters. The highest BCUT2D eigenvalue weighted by Crippen LogP contribution is 2.41. The summed E-state index contributed by atoms with van der Waals surface area (Å²) in [6, 6.07) is 15.1. The Balaban J connectivity index is 1.56. The number of amides is 1. The van der Waals surface area contributed by atoms with Gasteiger partial charge in [-0.05, 0) is 68.7 Å². The van der Waals surface area contributed by atoms with Crippen LogP contribution in [0.4, 0.5) is 20.2 Å². The van der Waals surface area contributed by atoms with Crippen molar-refractivity contribution in [2.24, 2.45) is 0 Å². The molecule has 0 aliphatic carbocycles. The molecule has 3 aromatic heterocycles. The maximum Gasteiger partial charge on any atom is 0.227 e. The maximum atomic E-state index is 14.3. The average Bonchev–Trinajstić information content (AvgIpc) is 3.48. The molecule has 1 N–H and O–H groups in total. The van der Waals surface area contributed by atoms with Gasteiger partial charge in [-0.3, -0.25) is 9.20 Å². The lowest BCUT2D eigenvalue weighted by molar-refractivity contribution is -0.120. The van der Waals surface area contributed by atoms with E-state index in [0.29, 0.717) is 42.1 Å². The lowest BCUT2D eigenvalue weighted by Gasteiger charge is -2.35. The van der Waals surface area contributed by atoms with Gasteiger partial charge < -0.3 is 14.7 Å². The number of aromatic nitrogens is 3. The number of carbonyl (C=O) groups is 1. The predicted molar refractivity (Wildman–Crippen MR) is 146 cm³/mol. The molecular weight excluding hydrogens is 500 g/mol. The molecule has 6 rings (SSSR count). The molecule has 1 atom stereocenters. The maximum absolute atomic E-state index is 14.3. The van der Waals surface area contributed by atoms with Gasteiger partial charge in [-0.15, -0.1) is 0 Å². The first-order valence-electron chi connectivity index (χ1n) is 12.9. The molecule has 0 spiro atoms. The van der Waals surface area contributed by atoms with E-state index in [2.05, 4.69) is 10.5 Å². The summed E-state index contributed by atoms with van der Waals surface area (Å²) in [4.78, 5) is 19.9. The van der Waals surface area contributed by atoms with E-state index in [-0.39, 0.29) is 5.91 Å². The molecule has 0 saturated carbocycles. The van der Waals surface area contributed by atoms with Gasteiger partial charge in [-0.1, -0.05) is 17.3 Å². The minimum Gasteiger partial charge on any atom is -0.388 e. The van der Waals surface area contributed by atoms with Crippen LogP contribution in [-0.2, 0) is 4.79 Å². The number of halogens is 2. The zero-order chi connectivity index (χ0) is 27.3. The highest BCUT2D eigenvalue weighted by Gasteiger charge is 2.35. The van der Waals surface area contributed by atoms with Crippen LogP contribution in [0.15, 0.2) is 65.3 Å². The summed E-state index contributed by atoms with van der Waals surface area (Å²) >= 11 is 0. The van der Waals surface area contributed by atoms with Crippen LogP contribution in [0.25, 0.3) is 28.0 Å². The molecule has 2 aromatic carbocycles. The molecule has 1 fully saturated rings. The van der Waals surface area contributed by atoms with E-state index >= 15 is 0 Å². The number of anilines is 2. The van der Waals surface area contributed by atoms with Gasteiger partial charge in [0, 0.05) is 48.2 Å². The number of hydrogen-bond acceptors (Lipinski definition) is 5. The molecular formula is C30H27F2N5O2. The Morgan fingerprint density at radius 3 is 2.49 bits per heavy atom. The van der Waals surface area contributed by atoms with Gasteiger partial charge in [0.15, 0.2) is 11.6 Å². The minimum absolute atomic E-state index is 0.151. The fourth-order valence-corrected chi connectivity index (χ4v) is 5.52. The van der Waals surface area contributed by atoms with Crippen LogP contribution in [0, 0.1) is 25.5 Å². The van der Waals surface area contributed by atoms with Crippen molar-refractivity contribution >= 4 is 22.9 Å². The third-order valence-corrected chi connectivity index (χ3v) is 7.37. The van der Waals surface area contributed by atoms with Gasteiger partial charge >= 0.3 is 0 Å². The molecule has 5 aromatic rings. The second kappa shape index (κ2) is 9.65. The van der Waals surface area contributed by atoms with Gasteiger partial charge in [0.1, 0.15) is 11.4 Å². The lowest BCUT2D eigenvalue weighted by Crippen LogP contribution is -2.38.